The molecular formula is C29H22ClN3O5. The lowest BCUT2D eigenvalue weighted by Gasteiger charge is -2.14. The standard InChI is InChI=1S/C29H22ClN3O5/c1-18-10-11-25(26(12-18)33(35)36)32-29(34)22(16-31)13-19-14-24(30)28(27(15-19)37-2)38-17-21-8-5-7-20-6-3-4-9-23(20)21/h3-15H,17H2,1-2H3,(H,32,34)/b22-13+. The van der Waals surface area contributed by atoms with E-state index in [0.717, 1.165) is 16.3 Å². The van der Waals surface area contributed by atoms with Crippen LogP contribution in [0.5, 0.6) is 11.5 Å². The van der Waals surface area contributed by atoms with E-state index < -0.39 is 10.8 Å². The first-order chi connectivity index (χ1) is 18.3. The summed E-state index contributed by atoms with van der Waals surface area (Å²) in [6.07, 6.45) is 1.32. The van der Waals surface area contributed by atoms with E-state index in [1.807, 2.05) is 48.5 Å². The van der Waals surface area contributed by atoms with Crippen molar-refractivity contribution in [2.24, 2.45) is 0 Å². The maximum Gasteiger partial charge on any atom is 0.293 e. The normalized spacial score (nSPS) is 11.1. The molecule has 1 amide bonds. The number of anilines is 1. The highest BCUT2D eigenvalue weighted by molar-refractivity contribution is 6.32. The van der Waals surface area contributed by atoms with Crippen LogP contribution in [0.3, 0.4) is 0 Å². The summed E-state index contributed by atoms with van der Waals surface area (Å²) in [4.78, 5) is 23.5. The zero-order chi connectivity index (χ0) is 27.2. The van der Waals surface area contributed by atoms with E-state index in [1.165, 1.54) is 25.3 Å². The average Bonchev–Trinajstić information content (AvgIpc) is 2.91. The largest absolute Gasteiger partial charge is 0.493 e. The molecule has 0 saturated carbocycles. The Kier molecular flexibility index (Phi) is 7.90. The molecule has 0 atom stereocenters. The Morgan fingerprint density at radius 3 is 2.63 bits per heavy atom. The Hall–Kier alpha value is -4.87. The van der Waals surface area contributed by atoms with Crippen LogP contribution in [0, 0.1) is 28.4 Å². The molecule has 4 aromatic carbocycles. The van der Waals surface area contributed by atoms with Gasteiger partial charge in [-0.15, -0.1) is 0 Å². The molecule has 0 unspecified atom stereocenters. The minimum atomic E-state index is -0.800. The second-order valence-corrected chi connectivity index (χ2v) is 8.77. The minimum Gasteiger partial charge on any atom is -0.493 e. The monoisotopic (exact) mass is 527 g/mol. The van der Waals surface area contributed by atoms with E-state index in [4.69, 9.17) is 21.1 Å². The summed E-state index contributed by atoms with van der Waals surface area (Å²) >= 11 is 6.51. The van der Waals surface area contributed by atoms with Crippen LogP contribution in [0.15, 0.2) is 78.4 Å². The summed E-state index contributed by atoms with van der Waals surface area (Å²) in [6.45, 7) is 1.94. The number of carbonyl (C=O) groups is 1. The SMILES string of the molecule is COc1cc(/C=C(\C#N)C(=O)Nc2ccc(C)cc2[N+](=O)[O-])cc(Cl)c1OCc1cccc2ccccc12. The second kappa shape index (κ2) is 11.5. The Bertz CT molecular complexity index is 1620. The zero-order valence-electron chi connectivity index (χ0n) is 20.5. The summed E-state index contributed by atoms with van der Waals surface area (Å²) in [5.74, 6) is -0.167. The number of ether oxygens (including phenoxy) is 2. The molecule has 0 aliphatic carbocycles. The van der Waals surface area contributed by atoms with Crippen molar-refractivity contribution in [3.05, 3.63) is 110 Å². The minimum absolute atomic E-state index is 0.0143. The van der Waals surface area contributed by atoms with Gasteiger partial charge in [0.05, 0.1) is 17.1 Å². The van der Waals surface area contributed by atoms with Crippen molar-refractivity contribution < 1.29 is 19.2 Å². The molecule has 0 aliphatic rings. The van der Waals surface area contributed by atoms with Gasteiger partial charge >= 0.3 is 0 Å². The van der Waals surface area contributed by atoms with Crippen molar-refractivity contribution in [3.63, 3.8) is 0 Å². The molecule has 0 spiro atoms. The zero-order valence-corrected chi connectivity index (χ0v) is 21.3. The molecule has 0 bridgehead atoms. The molecule has 8 nitrogen and oxygen atoms in total. The van der Waals surface area contributed by atoms with Gasteiger partial charge in [0.25, 0.3) is 11.6 Å². The molecule has 0 aliphatic heterocycles. The van der Waals surface area contributed by atoms with Crippen LogP contribution in [0.25, 0.3) is 16.8 Å². The maximum absolute atomic E-state index is 12.8. The van der Waals surface area contributed by atoms with Gasteiger partial charge in [-0.1, -0.05) is 60.1 Å². The predicted molar refractivity (Wildman–Crippen MR) is 146 cm³/mol. The van der Waals surface area contributed by atoms with Gasteiger partial charge in [-0.25, -0.2) is 0 Å². The van der Waals surface area contributed by atoms with Crippen LogP contribution in [-0.4, -0.2) is 17.9 Å². The summed E-state index contributed by atoms with van der Waals surface area (Å²) in [7, 11) is 1.46. The molecule has 0 heterocycles. The van der Waals surface area contributed by atoms with E-state index in [9.17, 15) is 20.2 Å². The molecule has 38 heavy (non-hydrogen) atoms. The van der Waals surface area contributed by atoms with Gasteiger partial charge in [0.15, 0.2) is 11.5 Å². The summed E-state index contributed by atoms with van der Waals surface area (Å²) in [5.41, 5.74) is 1.48. The van der Waals surface area contributed by atoms with E-state index in [1.54, 1.807) is 25.1 Å². The molecular weight excluding hydrogens is 506 g/mol. The smallest absolute Gasteiger partial charge is 0.293 e. The number of hydrogen-bond donors (Lipinski definition) is 1. The molecule has 0 radical (unpaired) electrons. The number of nitrogens with one attached hydrogen (secondary N) is 1. The number of fused-ring (bicyclic) bond motifs is 1. The fraction of sp³-hybridized carbons (Fsp3) is 0.103. The fourth-order valence-electron chi connectivity index (χ4n) is 3.93. The van der Waals surface area contributed by atoms with Crippen molar-refractivity contribution in [2.75, 3.05) is 12.4 Å². The third kappa shape index (κ3) is 5.75. The quantitative estimate of drug-likeness (QED) is 0.116. The van der Waals surface area contributed by atoms with Gasteiger partial charge in [0.2, 0.25) is 0 Å². The number of rotatable bonds is 8. The van der Waals surface area contributed by atoms with Crippen LogP contribution in [-0.2, 0) is 11.4 Å². The predicted octanol–water partition coefficient (Wildman–Crippen LogP) is 6.84. The van der Waals surface area contributed by atoms with Gasteiger partial charge < -0.3 is 14.8 Å². The number of methoxy groups -OCH3 is 1. The van der Waals surface area contributed by atoms with Gasteiger partial charge in [-0.2, -0.15) is 5.26 Å². The van der Waals surface area contributed by atoms with Crippen LogP contribution in [0.4, 0.5) is 11.4 Å². The summed E-state index contributed by atoms with van der Waals surface area (Å²) in [6, 6.07) is 23.2. The lowest BCUT2D eigenvalue weighted by molar-refractivity contribution is -0.384. The molecule has 0 fully saturated rings. The van der Waals surface area contributed by atoms with Crippen molar-refractivity contribution >= 4 is 45.7 Å². The molecule has 4 rings (SSSR count). The number of hydrogen-bond acceptors (Lipinski definition) is 6. The number of nitrogens with zero attached hydrogens (tertiary/aromatic N) is 2. The van der Waals surface area contributed by atoms with Gasteiger partial charge in [-0.05, 0) is 58.7 Å². The van der Waals surface area contributed by atoms with Crippen LogP contribution >= 0.6 is 11.6 Å². The van der Waals surface area contributed by atoms with E-state index >= 15 is 0 Å². The average molecular weight is 528 g/mol. The Balaban J connectivity index is 1.58. The first-order valence-electron chi connectivity index (χ1n) is 11.5. The fourth-order valence-corrected chi connectivity index (χ4v) is 4.21. The highest BCUT2D eigenvalue weighted by Crippen LogP contribution is 2.38. The number of nitro groups is 1. The van der Waals surface area contributed by atoms with Crippen LogP contribution in [0.2, 0.25) is 5.02 Å². The van der Waals surface area contributed by atoms with Crippen molar-refractivity contribution in [3.8, 4) is 17.6 Å². The first-order valence-corrected chi connectivity index (χ1v) is 11.8. The molecule has 4 aromatic rings. The van der Waals surface area contributed by atoms with Crippen molar-refractivity contribution in [2.45, 2.75) is 13.5 Å². The number of nitriles is 1. The van der Waals surface area contributed by atoms with Gasteiger partial charge in [-0.3, -0.25) is 14.9 Å². The summed E-state index contributed by atoms with van der Waals surface area (Å²) in [5, 5.41) is 25.8. The van der Waals surface area contributed by atoms with Crippen molar-refractivity contribution in [1.29, 1.82) is 5.26 Å². The topological polar surface area (TPSA) is 114 Å². The number of carbonyl (C=O) groups excluding carboxylic acids is 1. The number of aryl methyl sites for hydroxylation is 1. The molecule has 9 heteroatoms. The Labute approximate surface area is 223 Å². The summed E-state index contributed by atoms with van der Waals surface area (Å²) < 4.78 is 11.5. The third-order valence-corrected chi connectivity index (χ3v) is 6.06. The second-order valence-electron chi connectivity index (χ2n) is 8.36. The number of benzene rings is 4. The van der Waals surface area contributed by atoms with E-state index in [0.29, 0.717) is 22.6 Å². The van der Waals surface area contributed by atoms with Gasteiger partial charge in [0, 0.05) is 6.07 Å². The van der Waals surface area contributed by atoms with E-state index in [2.05, 4.69) is 5.32 Å². The molecule has 1 N–H and O–H groups in total. The highest BCUT2D eigenvalue weighted by atomic mass is 35.5. The maximum atomic E-state index is 12.8. The number of halogens is 1. The lowest BCUT2D eigenvalue weighted by atomic mass is 10.1. The lowest BCUT2D eigenvalue weighted by Crippen LogP contribution is -2.14. The Morgan fingerprint density at radius 2 is 1.89 bits per heavy atom. The highest BCUT2D eigenvalue weighted by Gasteiger charge is 2.19. The molecule has 0 aromatic heterocycles. The first kappa shape index (κ1) is 26.2. The van der Waals surface area contributed by atoms with Crippen molar-refractivity contribution in [1.82, 2.24) is 0 Å². The molecule has 190 valence electrons. The molecule has 0 saturated heterocycles. The Morgan fingerprint density at radius 1 is 1.13 bits per heavy atom. The third-order valence-electron chi connectivity index (χ3n) is 5.78. The number of nitro benzene ring substituents is 1. The van der Waals surface area contributed by atoms with Crippen LogP contribution in [0.1, 0.15) is 16.7 Å². The van der Waals surface area contributed by atoms with E-state index in [-0.39, 0.29) is 28.6 Å². The number of amides is 1. The van der Waals surface area contributed by atoms with Crippen LogP contribution < -0.4 is 14.8 Å². The van der Waals surface area contributed by atoms with Gasteiger partial charge in [0.1, 0.15) is 23.9 Å².